The molecule has 0 heterocycles. The Morgan fingerprint density at radius 2 is 2.00 bits per heavy atom. The SMILES string of the molecule is CCCC(C=CS(=O)[O-])S(=O)[O-]. The van der Waals surface area contributed by atoms with Gasteiger partial charge in [-0.1, -0.05) is 19.4 Å². The van der Waals surface area contributed by atoms with Gasteiger partial charge in [0.2, 0.25) is 0 Å². The van der Waals surface area contributed by atoms with E-state index in [-0.39, 0.29) is 0 Å². The van der Waals surface area contributed by atoms with Crippen LogP contribution in [0, 0.1) is 0 Å². The minimum atomic E-state index is -2.31. The second-order valence-electron chi connectivity index (χ2n) is 2.18. The van der Waals surface area contributed by atoms with Crippen LogP contribution in [-0.4, -0.2) is 22.8 Å². The molecule has 72 valence electrons. The Kier molecular flexibility index (Phi) is 6.45. The maximum atomic E-state index is 10.4. The topological polar surface area (TPSA) is 80.3 Å². The minimum absolute atomic E-state index is 0.448. The molecule has 0 fully saturated rings. The molecule has 4 nitrogen and oxygen atoms in total. The maximum absolute atomic E-state index is 10.4. The monoisotopic (exact) mass is 210 g/mol. The van der Waals surface area contributed by atoms with Crippen molar-refractivity contribution < 1.29 is 17.5 Å². The lowest BCUT2D eigenvalue weighted by Gasteiger charge is -2.14. The lowest BCUT2D eigenvalue weighted by molar-refractivity contribution is 0.525. The molecule has 0 radical (unpaired) electrons. The summed E-state index contributed by atoms with van der Waals surface area (Å²) < 4.78 is 41.0. The van der Waals surface area contributed by atoms with Crippen LogP contribution in [0.4, 0.5) is 0 Å². The molecule has 0 aromatic heterocycles. The summed E-state index contributed by atoms with van der Waals surface area (Å²) >= 11 is -4.54. The van der Waals surface area contributed by atoms with E-state index in [1.54, 1.807) is 0 Å². The summed E-state index contributed by atoms with van der Waals surface area (Å²) in [5.74, 6) is 0. The van der Waals surface area contributed by atoms with Crippen LogP contribution in [0.1, 0.15) is 19.8 Å². The third kappa shape index (κ3) is 5.59. The fourth-order valence-electron chi connectivity index (χ4n) is 0.693. The molecule has 0 aromatic carbocycles. The predicted octanol–water partition coefficient (Wildman–Crippen LogP) is 0.427. The highest BCUT2D eigenvalue weighted by molar-refractivity contribution is 7.82. The van der Waals surface area contributed by atoms with Crippen LogP contribution in [-0.2, 0) is 22.2 Å². The van der Waals surface area contributed by atoms with Gasteiger partial charge in [-0.05, 0) is 34.0 Å². The summed E-state index contributed by atoms with van der Waals surface area (Å²) in [6.07, 6.45) is 2.33. The Morgan fingerprint density at radius 1 is 1.42 bits per heavy atom. The first kappa shape index (κ1) is 12.0. The standard InChI is InChI=1S/C6H12O4S2/c1-2-3-6(12(9)10)4-5-11(7)8/h4-6H,2-3H2,1H3,(H,7,8)(H,9,10)/p-2. The van der Waals surface area contributed by atoms with Gasteiger partial charge in [-0.2, -0.15) is 0 Å². The number of hydrogen-bond donors (Lipinski definition) is 0. The average Bonchev–Trinajstić information content (AvgIpc) is 1.96. The van der Waals surface area contributed by atoms with Gasteiger partial charge < -0.3 is 9.11 Å². The van der Waals surface area contributed by atoms with Gasteiger partial charge >= 0.3 is 0 Å². The van der Waals surface area contributed by atoms with Gasteiger partial charge in [0.25, 0.3) is 0 Å². The largest absolute Gasteiger partial charge is 0.772 e. The van der Waals surface area contributed by atoms with Gasteiger partial charge in [-0.25, -0.2) is 0 Å². The minimum Gasteiger partial charge on any atom is -0.772 e. The summed E-state index contributed by atoms with van der Waals surface area (Å²) in [6, 6.07) is 0. The highest BCUT2D eigenvalue weighted by Crippen LogP contribution is 2.05. The van der Waals surface area contributed by atoms with Gasteiger partial charge in [-0.3, -0.25) is 8.42 Å². The van der Waals surface area contributed by atoms with Crippen LogP contribution < -0.4 is 0 Å². The quantitative estimate of drug-likeness (QED) is 0.616. The van der Waals surface area contributed by atoms with E-state index in [0.29, 0.717) is 12.8 Å². The summed E-state index contributed by atoms with van der Waals surface area (Å²) in [5, 5.41) is 0.170. The molecular formula is C6H10O4S2-2. The lowest BCUT2D eigenvalue weighted by atomic mass is 10.2. The second kappa shape index (κ2) is 6.47. The third-order valence-corrected chi connectivity index (χ3v) is 2.49. The van der Waals surface area contributed by atoms with E-state index in [1.807, 2.05) is 6.92 Å². The zero-order valence-corrected chi connectivity index (χ0v) is 8.23. The van der Waals surface area contributed by atoms with Crippen LogP contribution in [0.25, 0.3) is 0 Å². The van der Waals surface area contributed by atoms with Crippen LogP contribution >= 0.6 is 0 Å². The van der Waals surface area contributed by atoms with Gasteiger partial charge in [0, 0.05) is 5.25 Å². The van der Waals surface area contributed by atoms with Crippen molar-refractivity contribution in [1.82, 2.24) is 0 Å². The van der Waals surface area contributed by atoms with Crippen molar-refractivity contribution in [1.29, 1.82) is 0 Å². The first-order valence-corrected chi connectivity index (χ1v) is 5.70. The van der Waals surface area contributed by atoms with Crippen molar-refractivity contribution >= 4 is 22.2 Å². The molecule has 0 amide bonds. The molecule has 3 atom stereocenters. The maximum Gasteiger partial charge on any atom is 0.0403 e. The van der Waals surface area contributed by atoms with Crippen LogP contribution in [0.15, 0.2) is 11.5 Å². The normalized spacial score (nSPS) is 19.2. The Balaban J connectivity index is 4.12. The molecule has 0 saturated heterocycles. The van der Waals surface area contributed by atoms with Crippen molar-refractivity contribution in [2.75, 3.05) is 0 Å². The Morgan fingerprint density at radius 3 is 2.33 bits per heavy atom. The van der Waals surface area contributed by atoms with Gasteiger partial charge in [0.1, 0.15) is 0 Å². The molecule has 0 N–H and O–H groups in total. The summed E-state index contributed by atoms with van der Waals surface area (Å²) in [7, 11) is 0. The van der Waals surface area contributed by atoms with E-state index in [1.165, 1.54) is 6.08 Å². The zero-order chi connectivity index (χ0) is 9.56. The van der Waals surface area contributed by atoms with Gasteiger partial charge in [-0.15, -0.1) is 0 Å². The molecule has 0 aliphatic carbocycles. The fraction of sp³-hybridized carbons (Fsp3) is 0.667. The second-order valence-corrected chi connectivity index (χ2v) is 4.10. The summed E-state index contributed by atoms with van der Waals surface area (Å²) in [5.41, 5.74) is 0. The molecule has 0 saturated carbocycles. The van der Waals surface area contributed by atoms with Gasteiger partial charge in [0.05, 0.1) is 0 Å². The molecule has 0 rings (SSSR count). The molecule has 6 heteroatoms. The first-order valence-electron chi connectivity index (χ1n) is 3.42. The van der Waals surface area contributed by atoms with Crippen molar-refractivity contribution in [2.45, 2.75) is 25.0 Å². The van der Waals surface area contributed by atoms with Crippen molar-refractivity contribution in [3.8, 4) is 0 Å². The van der Waals surface area contributed by atoms with E-state index in [4.69, 9.17) is 0 Å². The highest BCUT2D eigenvalue weighted by Gasteiger charge is 2.02. The molecule has 0 aliphatic heterocycles. The molecule has 0 bridgehead atoms. The van der Waals surface area contributed by atoms with Crippen LogP contribution in [0.5, 0.6) is 0 Å². The van der Waals surface area contributed by atoms with Crippen molar-refractivity contribution in [2.24, 2.45) is 0 Å². The summed E-state index contributed by atoms with van der Waals surface area (Å²) in [6.45, 7) is 1.84. The van der Waals surface area contributed by atoms with E-state index in [9.17, 15) is 17.5 Å². The molecule has 0 aliphatic rings. The van der Waals surface area contributed by atoms with Crippen molar-refractivity contribution in [3.05, 3.63) is 11.5 Å². The first-order chi connectivity index (χ1) is 5.57. The average molecular weight is 210 g/mol. The van der Waals surface area contributed by atoms with Crippen LogP contribution in [0.2, 0.25) is 0 Å². The molecule has 0 aromatic rings. The molecule has 3 unspecified atom stereocenters. The molecular weight excluding hydrogens is 200 g/mol. The fourth-order valence-corrected chi connectivity index (χ4v) is 1.75. The Labute approximate surface area is 76.6 Å². The van der Waals surface area contributed by atoms with E-state index < -0.39 is 27.4 Å². The summed E-state index contributed by atoms with van der Waals surface area (Å²) in [4.78, 5) is 0. The molecule has 12 heavy (non-hydrogen) atoms. The highest BCUT2D eigenvalue weighted by atomic mass is 32.2. The number of hydrogen-bond acceptors (Lipinski definition) is 4. The van der Waals surface area contributed by atoms with E-state index in [2.05, 4.69) is 0 Å². The Bertz CT molecular complexity index is 202. The molecule has 0 spiro atoms. The van der Waals surface area contributed by atoms with E-state index >= 15 is 0 Å². The Hall–Kier alpha value is -0.0400. The van der Waals surface area contributed by atoms with Crippen molar-refractivity contribution in [3.63, 3.8) is 0 Å². The van der Waals surface area contributed by atoms with E-state index in [0.717, 1.165) is 5.41 Å². The lowest BCUT2D eigenvalue weighted by Crippen LogP contribution is -2.11. The zero-order valence-electron chi connectivity index (χ0n) is 6.60. The van der Waals surface area contributed by atoms with Crippen LogP contribution in [0.3, 0.4) is 0 Å². The predicted molar refractivity (Wildman–Crippen MR) is 45.7 cm³/mol. The van der Waals surface area contributed by atoms with Gasteiger partial charge in [0.15, 0.2) is 0 Å². The third-order valence-electron chi connectivity index (χ3n) is 1.22. The smallest absolute Gasteiger partial charge is 0.0403 e. The number of rotatable bonds is 5.